The fourth-order valence-corrected chi connectivity index (χ4v) is 2.60. The summed E-state index contributed by atoms with van der Waals surface area (Å²) in [5, 5.41) is 3.88. The third-order valence-electron chi connectivity index (χ3n) is 3.58. The number of amides is 1. The lowest BCUT2D eigenvalue weighted by Gasteiger charge is -2.22. The topological polar surface area (TPSA) is 46.3 Å². The second-order valence-electron chi connectivity index (χ2n) is 5.03. The Morgan fingerprint density at radius 3 is 2.80 bits per heavy atom. The molecule has 1 fully saturated rings. The zero-order valence-corrected chi connectivity index (χ0v) is 11.2. The number of benzene rings is 1. The molecule has 1 aliphatic rings. The molecule has 0 aliphatic carbocycles. The lowest BCUT2D eigenvalue weighted by molar-refractivity contribution is 0.0714. The fourth-order valence-electron chi connectivity index (χ4n) is 2.60. The quantitative estimate of drug-likeness (QED) is 0.845. The number of aromatic nitrogens is 1. The summed E-state index contributed by atoms with van der Waals surface area (Å²) in [5.41, 5.74) is 1.30. The molecule has 20 heavy (non-hydrogen) atoms. The molecular formula is C15H15FN2O2. The largest absolute Gasteiger partial charge is 0.359 e. The van der Waals surface area contributed by atoms with Crippen molar-refractivity contribution in [2.75, 3.05) is 6.54 Å². The molecule has 5 heteroatoms. The minimum atomic E-state index is -0.342. The lowest BCUT2D eigenvalue weighted by atomic mass is 10.1. The van der Waals surface area contributed by atoms with Crippen LogP contribution in [0.1, 0.15) is 40.7 Å². The molecule has 4 nitrogen and oxygen atoms in total. The van der Waals surface area contributed by atoms with Crippen molar-refractivity contribution in [2.45, 2.75) is 25.8 Å². The number of hydrogen-bond acceptors (Lipinski definition) is 3. The predicted octanol–water partition coefficient (Wildman–Crippen LogP) is 3.10. The molecule has 1 aliphatic heterocycles. The minimum Gasteiger partial charge on any atom is -0.359 e. The Hall–Kier alpha value is -2.17. The van der Waals surface area contributed by atoms with Crippen LogP contribution in [0.4, 0.5) is 4.39 Å². The molecule has 0 unspecified atom stereocenters. The van der Waals surface area contributed by atoms with Crippen LogP contribution in [0.2, 0.25) is 0 Å². The van der Waals surface area contributed by atoms with E-state index < -0.39 is 0 Å². The monoisotopic (exact) mass is 274 g/mol. The molecule has 1 atom stereocenters. The number of halogens is 1. The molecular weight excluding hydrogens is 259 g/mol. The molecule has 0 spiro atoms. The van der Waals surface area contributed by atoms with Gasteiger partial charge in [0.05, 0.1) is 11.7 Å². The molecule has 104 valence electrons. The van der Waals surface area contributed by atoms with Gasteiger partial charge >= 0.3 is 0 Å². The summed E-state index contributed by atoms with van der Waals surface area (Å²) in [6, 6.07) is 7.42. The summed E-state index contributed by atoms with van der Waals surface area (Å²) in [6.45, 7) is 2.54. The third kappa shape index (κ3) is 2.31. The summed E-state index contributed by atoms with van der Waals surface area (Å²) >= 11 is 0. The average molecular weight is 274 g/mol. The van der Waals surface area contributed by atoms with Crippen LogP contribution in [0.25, 0.3) is 0 Å². The van der Waals surface area contributed by atoms with Gasteiger partial charge < -0.3 is 9.42 Å². The van der Waals surface area contributed by atoms with E-state index in [1.54, 1.807) is 4.90 Å². The van der Waals surface area contributed by atoms with E-state index in [4.69, 9.17) is 4.52 Å². The van der Waals surface area contributed by atoms with E-state index in [9.17, 15) is 9.18 Å². The van der Waals surface area contributed by atoms with E-state index in [1.165, 1.54) is 24.3 Å². The summed E-state index contributed by atoms with van der Waals surface area (Å²) in [5.74, 6) is 0.280. The van der Waals surface area contributed by atoms with Crippen LogP contribution in [0.5, 0.6) is 0 Å². The first-order chi connectivity index (χ1) is 9.65. The van der Waals surface area contributed by atoms with Crippen LogP contribution >= 0.6 is 0 Å². The molecule has 0 N–H and O–H groups in total. The highest BCUT2D eigenvalue weighted by molar-refractivity contribution is 5.94. The number of carbonyl (C=O) groups excluding carboxylic acids is 1. The van der Waals surface area contributed by atoms with Crippen LogP contribution < -0.4 is 0 Å². The van der Waals surface area contributed by atoms with Gasteiger partial charge in [0.2, 0.25) is 0 Å². The van der Waals surface area contributed by atoms with Crippen molar-refractivity contribution in [1.82, 2.24) is 10.1 Å². The summed E-state index contributed by atoms with van der Waals surface area (Å²) in [6.07, 6.45) is 1.79. The second-order valence-corrected chi connectivity index (χ2v) is 5.03. The minimum absolute atomic E-state index is 0.0752. The van der Waals surface area contributed by atoms with E-state index in [2.05, 4.69) is 5.16 Å². The van der Waals surface area contributed by atoms with Crippen molar-refractivity contribution in [3.63, 3.8) is 0 Å². The smallest absolute Gasteiger partial charge is 0.254 e. The highest BCUT2D eigenvalue weighted by atomic mass is 19.1. The van der Waals surface area contributed by atoms with Gasteiger partial charge in [-0.1, -0.05) is 5.16 Å². The van der Waals surface area contributed by atoms with Gasteiger partial charge in [-0.3, -0.25) is 4.79 Å². The molecule has 2 aromatic rings. The Morgan fingerprint density at radius 2 is 2.15 bits per heavy atom. The van der Waals surface area contributed by atoms with Crippen molar-refractivity contribution >= 4 is 5.91 Å². The lowest BCUT2D eigenvalue weighted by Crippen LogP contribution is -2.30. The number of rotatable bonds is 2. The maximum Gasteiger partial charge on any atom is 0.254 e. The molecule has 1 saturated heterocycles. The van der Waals surface area contributed by atoms with Crippen LogP contribution in [0, 0.1) is 12.7 Å². The second kappa shape index (κ2) is 5.07. The van der Waals surface area contributed by atoms with E-state index in [-0.39, 0.29) is 17.8 Å². The normalized spacial score (nSPS) is 18.5. The number of aryl methyl sites for hydroxylation is 1. The molecule has 1 aromatic carbocycles. The molecule has 0 saturated carbocycles. The molecule has 2 heterocycles. The number of nitrogens with zero attached hydrogens (tertiary/aromatic N) is 2. The average Bonchev–Trinajstić information content (AvgIpc) is 3.07. The Labute approximate surface area is 116 Å². The number of hydrogen-bond donors (Lipinski definition) is 0. The molecule has 1 amide bonds. The molecule has 3 rings (SSSR count). The van der Waals surface area contributed by atoms with Gasteiger partial charge in [-0.05, 0) is 44.0 Å². The van der Waals surface area contributed by atoms with Gasteiger partial charge in [0, 0.05) is 18.2 Å². The van der Waals surface area contributed by atoms with E-state index in [0.717, 1.165) is 24.3 Å². The van der Waals surface area contributed by atoms with Crippen LogP contribution in [0.15, 0.2) is 34.9 Å². The maximum absolute atomic E-state index is 12.9. The first-order valence-corrected chi connectivity index (χ1v) is 6.65. The van der Waals surface area contributed by atoms with Gasteiger partial charge in [-0.2, -0.15) is 0 Å². The number of likely N-dealkylation sites (tertiary alicyclic amines) is 1. The fraction of sp³-hybridized carbons (Fsp3) is 0.333. The first kappa shape index (κ1) is 12.8. The van der Waals surface area contributed by atoms with Crippen LogP contribution in [-0.4, -0.2) is 22.5 Å². The Balaban J connectivity index is 1.85. The first-order valence-electron chi connectivity index (χ1n) is 6.65. The summed E-state index contributed by atoms with van der Waals surface area (Å²) < 4.78 is 18.2. The zero-order valence-electron chi connectivity index (χ0n) is 11.2. The highest BCUT2D eigenvalue weighted by Crippen LogP contribution is 2.33. The van der Waals surface area contributed by atoms with Crippen LogP contribution in [-0.2, 0) is 0 Å². The van der Waals surface area contributed by atoms with Gasteiger partial charge in [-0.15, -0.1) is 0 Å². The Kier molecular flexibility index (Phi) is 3.26. The van der Waals surface area contributed by atoms with Crippen LogP contribution in [0.3, 0.4) is 0 Å². The molecule has 0 bridgehead atoms. The van der Waals surface area contributed by atoms with Gasteiger partial charge in [-0.25, -0.2) is 4.39 Å². The maximum atomic E-state index is 12.9. The van der Waals surface area contributed by atoms with Gasteiger partial charge in [0.25, 0.3) is 5.91 Å². The highest BCUT2D eigenvalue weighted by Gasteiger charge is 2.33. The van der Waals surface area contributed by atoms with Gasteiger partial charge in [0.1, 0.15) is 5.82 Å². The van der Waals surface area contributed by atoms with E-state index in [0.29, 0.717) is 12.1 Å². The van der Waals surface area contributed by atoms with E-state index in [1.807, 2.05) is 13.0 Å². The van der Waals surface area contributed by atoms with Crippen molar-refractivity contribution < 1.29 is 13.7 Å². The standard InChI is InChI=1S/C15H15FN2O2/c1-10-9-14(20-17-10)13-3-2-8-18(13)15(19)11-4-6-12(16)7-5-11/h4-7,9,13H,2-3,8H2,1H3/t13-/m0/s1. The van der Waals surface area contributed by atoms with Crippen molar-refractivity contribution in [1.29, 1.82) is 0 Å². The van der Waals surface area contributed by atoms with Crippen molar-refractivity contribution in [3.05, 3.63) is 53.2 Å². The SMILES string of the molecule is Cc1cc([C@@H]2CCCN2C(=O)c2ccc(F)cc2)on1. The molecule has 1 aromatic heterocycles. The van der Waals surface area contributed by atoms with E-state index >= 15 is 0 Å². The third-order valence-corrected chi connectivity index (χ3v) is 3.58. The predicted molar refractivity (Wildman–Crippen MR) is 70.7 cm³/mol. The summed E-state index contributed by atoms with van der Waals surface area (Å²) in [4.78, 5) is 14.3. The Morgan fingerprint density at radius 1 is 1.40 bits per heavy atom. The molecule has 0 radical (unpaired) electrons. The van der Waals surface area contributed by atoms with Crippen molar-refractivity contribution in [3.8, 4) is 0 Å². The zero-order chi connectivity index (χ0) is 14.1. The van der Waals surface area contributed by atoms with Gasteiger partial charge in [0.15, 0.2) is 5.76 Å². The Bertz CT molecular complexity index is 621. The number of carbonyl (C=O) groups is 1. The van der Waals surface area contributed by atoms with Crippen molar-refractivity contribution in [2.24, 2.45) is 0 Å². The summed E-state index contributed by atoms with van der Waals surface area (Å²) in [7, 11) is 0.